The van der Waals surface area contributed by atoms with Gasteiger partial charge in [0, 0.05) is 24.4 Å². The number of hydrogen-bond acceptors (Lipinski definition) is 3. The average molecular weight is 357 g/mol. The van der Waals surface area contributed by atoms with Gasteiger partial charge in [-0.2, -0.15) is 5.10 Å². The van der Waals surface area contributed by atoms with Gasteiger partial charge in [0.25, 0.3) is 0 Å². The quantitative estimate of drug-likeness (QED) is 0.726. The molecule has 0 saturated carbocycles. The number of H-pyrrole nitrogens is 1. The van der Waals surface area contributed by atoms with E-state index in [1.807, 2.05) is 0 Å². The Labute approximate surface area is 155 Å². The van der Waals surface area contributed by atoms with Crippen molar-refractivity contribution in [1.82, 2.24) is 19.7 Å². The summed E-state index contributed by atoms with van der Waals surface area (Å²) in [5, 5.41) is 7.53. The maximum Gasteiger partial charge on any atom is 0.196 e. The van der Waals surface area contributed by atoms with Crippen LogP contribution in [0.15, 0.2) is 42.2 Å². The summed E-state index contributed by atoms with van der Waals surface area (Å²) in [7, 11) is 0. The highest BCUT2D eigenvalue weighted by molar-refractivity contribution is 7.71. The number of aromatic amines is 1. The number of nitrogens with zero attached hydrogens (tertiary/aromatic N) is 3. The molecule has 3 rings (SSSR count). The van der Waals surface area contributed by atoms with E-state index in [9.17, 15) is 0 Å². The monoisotopic (exact) mass is 356 g/mol. The van der Waals surface area contributed by atoms with Gasteiger partial charge in [-0.15, -0.1) is 0 Å². The molecule has 1 aromatic rings. The Balaban J connectivity index is 1.87. The standard InChI is InChI=1S/C20H28N4S/c1-4-15-8-7-9-16(14-15)19-21-22-20(25)24(19)18-12-10-17(11-13-18)23(5-2)6-3/h7,9-12,14-15,18H,4-6,8,13H2,1-3H3,(H,22,25). The van der Waals surface area contributed by atoms with Crippen molar-refractivity contribution in [3.63, 3.8) is 0 Å². The van der Waals surface area contributed by atoms with E-state index in [1.165, 1.54) is 11.3 Å². The Morgan fingerprint density at radius 1 is 1.24 bits per heavy atom. The van der Waals surface area contributed by atoms with Gasteiger partial charge in [0.15, 0.2) is 10.6 Å². The predicted octanol–water partition coefficient (Wildman–Crippen LogP) is 5.04. The Hall–Kier alpha value is -1.88. The maximum absolute atomic E-state index is 5.54. The molecular weight excluding hydrogens is 328 g/mol. The summed E-state index contributed by atoms with van der Waals surface area (Å²) < 4.78 is 2.85. The second kappa shape index (κ2) is 8.00. The van der Waals surface area contributed by atoms with Gasteiger partial charge in [-0.25, -0.2) is 0 Å². The van der Waals surface area contributed by atoms with Crippen LogP contribution < -0.4 is 0 Å². The van der Waals surface area contributed by atoms with Crippen LogP contribution in [0, 0.1) is 10.7 Å². The van der Waals surface area contributed by atoms with Crippen molar-refractivity contribution in [2.75, 3.05) is 13.1 Å². The van der Waals surface area contributed by atoms with Crippen molar-refractivity contribution in [2.24, 2.45) is 5.92 Å². The summed E-state index contributed by atoms with van der Waals surface area (Å²) in [6.07, 6.45) is 16.8. The van der Waals surface area contributed by atoms with Crippen LogP contribution in [0.3, 0.4) is 0 Å². The molecule has 0 radical (unpaired) electrons. The van der Waals surface area contributed by atoms with Gasteiger partial charge < -0.3 is 4.90 Å². The fourth-order valence-corrected chi connectivity index (χ4v) is 3.88. The molecule has 0 saturated heterocycles. The van der Waals surface area contributed by atoms with Crippen LogP contribution in [0.25, 0.3) is 5.57 Å². The molecule has 0 bridgehead atoms. The second-order valence-corrected chi connectivity index (χ2v) is 7.00. The van der Waals surface area contributed by atoms with Gasteiger partial charge in [-0.05, 0) is 57.3 Å². The number of hydrogen-bond donors (Lipinski definition) is 1. The fraction of sp³-hybridized carbons (Fsp3) is 0.500. The van der Waals surface area contributed by atoms with Crippen molar-refractivity contribution in [1.29, 1.82) is 0 Å². The van der Waals surface area contributed by atoms with Gasteiger partial charge in [0.05, 0.1) is 6.04 Å². The van der Waals surface area contributed by atoms with E-state index in [-0.39, 0.29) is 6.04 Å². The molecule has 5 heteroatoms. The number of likely N-dealkylation sites (N-methyl/N-ethyl adjacent to an activating group) is 1. The van der Waals surface area contributed by atoms with Crippen molar-refractivity contribution in [3.05, 3.63) is 52.7 Å². The van der Waals surface area contributed by atoms with Gasteiger partial charge in [-0.3, -0.25) is 9.67 Å². The SMILES string of the molecule is CCC1C=C(c2n[nH]c(=S)n2C2C=CC(N(CC)CC)=CC2)C=CC1. The molecule has 2 unspecified atom stereocenters. The molecule has 0 aromatic carbocycles. The van der Waals surface area contributed by atoms with Crippen LogP contribution in [-0.2, 0) is 0 Å². The lowest BCUT2D eigenvalue weighted by Crippen LogP contribution is -2.23. The minimum absolute atomic E-state index is 0.219. The molecule has 25 heavy (non-hydrogen) atoms. The third-order valence-electron chi connectivity index (χ3n) is 5.16. The minimum Gasteiger partial charge on any atom is -0.372 e. The zero-order valence-electron chi connectivity index (χ0n) is 15.4. The molecule has 134 valence electrons. The van der Waals surface area contributed by atoms with Crippen LogP contribution in [0.2, 0.25) is 0 Å². The largest absolute Gasteiger partial charge is 0.372 e. The predicted molar refractivity (Wildman–Crippen MR) is 107 cm³/mol. The van der Waals surface area contributed by atoms with Crippen molar-refractivity contribution >= 4 is 17.8 Å². The molecule has 0 aliphatic heterocycles. The summed E-state index contributed by atoms with van der Waals surface area (Å²) in [4.78, 5) is 2.38. The lowest BCUT2D eigenvalue weighted by Gasteiger charge is -2.27. The van der Waals surface area contributed by atoms with E-state index in [2.05, 4.69) is 76.9 Å². The molecule has 1 heterocycles. The third kappa shape index (κ3) is 3.71. The smallest absolute Gasteiger partial charge is 0.196 e. The van der Waals surface area contributed by atoms with Gasteiger partial charge in [0.1, 0.15) is 0 Å². The second-order valence-electron chi connectivity index (χ2n) is 6.61. The van der Waals surface area contributed by atoms with E-state index in [0.717, 1.165) is 38.2 Å². The summed E-state index contributed by atoms with van der Waals surface area (Å²) in [5.74, 6) is 1.54. The van der Waals surface area contributed by atoms with Crippen LogP contribution in [-0.4, -0.2) is 32.8 Å². The zero-order valence-corrected chi connectivity index (χ0v) is 16.2. The highest BCUT2D eigenvalue weighted by Crippen LogP contribution is 2.30. The van der Waals surface area contributed by atoms with Gasteiger partial charge in [-0.1, -0.05) is 37.3 Å². The molecule has 2 aliphatic rings. The number of nitrogens with one attached hydrogen (secondary N) is 1. The lowest BCUT2D eigenvalue weighted by atomic mass is 9.93. The minimum atomic E-state index is 0.219. The number of allylic oxidation sites excluding steroid dienone is 7. The summed E-state index contributed by atoms with van der Waals surface area (Å²) in [6, 6.07) is 0.219. The summed E-state index contributed by atoms with van der Waals surface area (Å²) in [5.41, 5.74) is 2.48. The molecule has 2 atom stereocenters. The Morgan fingerprint density at radius 3 is 2.68 bits per heavy atom. The summed E-state index contributed by atoms with van der Waals surface area (Å²) in [6.45, 7) is 8.69. The highest BCUT2D eigenvalue weighted by Gasteiger charge is 2.20. The van der Waals surface area contributed by atoms with Gasteiger partial charge in [0.2, 0.25) is 0 Å². The van der Waals surface area contributed by atoms with E-state index < -0.39 is 0 Å². The molecule has 1 aromatic heterocycles. The molecular formula is C20H28N4S. The average Bonchev–Trinajstić information content (AvgIpc) is 3.05. The topological polar surface area (TPSA) is 36.9 Å². The molecule has 4 nitrogen and oxygen atoms in total. The lowest BCUT2D eigenvalue weighted by molar-refractivity contribution is 0.388. The van der Waals surface area contributed by atoms with Crippen molar-refractivity contribution in [3.8, 4) is 0 Å². The van der Waals surface area contributed by atoms with E-state index in [0.29, 0.717) is 10.7 Å². The number of aromatic nitrogens is 3. The zero-order chi connectivity index (χ0) is 17.8. The Kier molecular flexibility index (Phi) is 5.74. The molecule has 0 spiro atoms. The first-order valence-corrected chi connectivity index (χ1v) is 9.77. The van der Waals surface area contributed by atoms with E-state index in [1.54, 1.807) is 0 Å². The fourth-order valence-electron chi connectivity index (χ4n) is 3.61. The third-order valence-corrected chi connectivity index (χ3v) is 5.44. The van der Waals surface area contributed by atoms with Crippen LogP contribution >= 0.6 is 12.2 Å². The molecule has 1 N–H and O–H groups in total. The molecule has 0 fully saturated rings. The first kappa shape index (κ1) is 17.9. The first-order chi connectivity index (χ1) is 12.2. The normalized spacial score (nSPS) is 22.7. The van der Waals surface area contributed by atoms with Crippen LogP contribution in [0.5, 0.6) is 0 Å². The van der Waals surface area contributed by atoms with Crippen LogP contribution in [0.1, 0.15) is 51.9 Å². The first-order valence-electron chi connectivity index (χ1n) is 9.36. The van der Waals surface area contributed by atoms with Crippen molar-refractivity contribution < 1.29 is 0 Å². The molecule has 2 aliphatic carbocycles. The van der Waals surface area contributed by atoms with E-state index in [4.69, 9.17) is 12.2 Å². The number of rotatable bonds is 6. The van der Waals surface area contributed by atoms with Crippen molar-refractivity contribution in [2.45, 2.75) is 46.1 Å². The van der Waals surface area contributed by atoms with Gasteiger partial charge >= 0.3 is 0 Å². The molecule has 0 amide bonds. The highest BCUT2D eigenvalue weighted by atomic mass is 32.1. The Morgan fingerprint density at radius 2 is 2.04 bits per heavy atom. The van der Waals surface area contributed by atoms with E-state index >= 15 is 0 Å². The Bertz CT molecular complexity index is 774. The maximum atomic E-state index is 5.54. The van der Waals surface area contributed by atoms with Crippen LogP contribution in [0.4, 0.5) is 0 Å². The summed E-state index contributed by atoms with van der Waals surface area (Å²) >= 11 is 5.54.